The van der Waals surface area contributed by atoms with Crippen molar-refractivity contribution >= 4 is 5.57 Å². The van der Waals surface area contributed by atoms with Crippen LogP contribution >= 0.6 is 0 Å². The van der Waals surface area contributed by atoms with Crippen LogP contribution in [-0.2, 0) is 0 Å². The Kier molecular flexibility index (Phi) is 5.37. The van der Waals surface area contributed by atoms with Gasteiger partial charge in [-0.05, 0) is 29.7 Å². The van der Waals surface area contributed by atoms with E-state index < -0.39 is 0 Å². The van der Waals surface area contributed by atoms with Crippen LogP contribution in [0.1, 0.15) is 18.9 Å². The van der Waals surface area contributed by atoms with E-state index in [-0.39, 0.29) is 6.61 Å². The molecule has 0 aliphatic carbocycles. The molecule has 86 valence electrons. The molecule has 0 aromatic heterocycles. The van der Waals surface area contributed by atoms with Gasteiger partial charge in [0.15, 0.2) is 0 Å². The van der Waals surface area contributed by atoms with Crippen LogP contribution in [0.3, 0.4) is 0 Å². The van der Waals surface area contributed by atoms with E-state index in [0.717, 1.165) is 23.3 Å². The highest BCUT2D eigenvalue weighted by Crippen LogP contribution is 2.19. The number of hydrogen-bond acceptors (Lipinski definition) is 2. The predicted molar refractivity (Wildman–Crippen MR) is 67.5 cm³/mol. The van der Waals surface area contributed by atoms with Crippen LogP contribution in [0.2, 0.25) is 0 Å². The van der Waals surface area contributed by atoms with Crippen molar-refractivity contribution in [1.29, 1.82) is 0 Å². The third-order valence-corrected chi connectivity index (χ3v) is 2.19. The van der Waals surface area contributed by atoms with Gasteiger partial charge in [-0.2, -0.15) is 0 Å². The molecule has 16 heavy (non-hydrogen) atoms. The molecule has 0 atom stereocenters. The first-order valence-electron chi connectivity index (χ1n) is 5.48. The van der Waals surface area contributed by atoms with E-state index >= 15 is 0 Å². The summed E-state index contributed by atoms with van der Waals surface area (Å²) < 4.78 is 5.29. The molecule has 0 fully saturated rings. The molecule has 1 N–H and O–H groups in total. The normalized spacial score (nSPS) is 11.2. The number of hydrogen-bond donors (Lipinski definition) is 1. The Balaban J connectivity index is 2.77. The quantitative estimate of drug-likeness (QED) is 0.744. The second kappa shape index (κ2) is 6.85. The van der Waals surface area contributed by atoms with E-state index in [2.05, 4.69) is 19.6 Å². The van der Waals surface area contributed by atoms with Crippen LogP contribution in [0.4, 0.5) is 0 Å². The predicted octanol–water partition coefficient (Wildman–Crippen LogP) is 3.04. The third kappa shape index (κ3) is 3.55. The lowest BCUT2D eigenvalue weighted by atomic mass is 10.1. The zero-order chi connectivity index (χ0) is 11.8. The SMILES string of the molecule is C=C/C(=C\CC)c1ccc(OCCO)cc1. The zero-order valence-corrected chi connectivity index (χ0v) is 9.65. The number of aliphatic hydroxyl groups is 1. The molecule has 0 heterocycles. The van der Waals surface area contributed by atoms with Crippen molar-refractivity contribution in [2.24, 2.45) is 0 Å². The van der Waals surface area contributed by atoms with Crippen molar-refractivity contribution < 1.29 is 9.84 Å². The minimum Gasteiger partial charge on any atom is -0.491 e. The third-order valence-electron chi connectivity index (χ3n) is 2.19. The van der Waals surface area contributed by atoms with Crippen LogP contribution in [0.5, 0.6) is 5.75 Å². The topological polar surface area (TPSA) is 29.5 Å². The molecule has 0 bridgehead atoms. The van der Waals surface area contributed by atoms with Crippen molar-refractivity contribution in [3.05, 3.63) is 48.6 Å². The minimum atomic E-state index is 0.0371. The highest BCUT2D eigenvalue weighted by atomic mass is 16.5. The summed E-state index contributed by atoms with van der Waals surface area (Å²) in [6, 6.07) is 7.79. The number of aliphatic hydroxyl groups excluding tert-OH is 1. The summed E-state index contributed by atoms with van der Waals surface area (Å²) in [7, 11) is 0. The van der Waals surface area contributed by atoms with Crippen molar-refractivity contribution in [3.63, 3.8) is 0 Å². The Morgan fingerprint density at radius 3 is 2.56 bits per heavy atom. The summed E-state index contributed by atoms with van der Waals surface area (Å²) >= 11 is 0. The Morgan fingerprint density at radius 2 is 2.06 bits per heavy atom. The lowest BCUT2D eigenvalue weighted by molar-refractivity contribution is 0.201. The summed E-state index contributed by atoms with van der Waals surface area (Å²) in [5, 5.41) is 8.63. The average Bonchev–Trinajstić information content (AvgIpc) is 2.34. The standard InChI is InChI=1S/C14H18O2/c1-3-5-12(4-2)13-6-8-14(9-7-13)16-11-10-15/h4-9,15H,2-3,10-11H2,1H3/b12-5+. The molecule has 0 aliphatic heterocycles. The summed E-state index contributed by atoms with van der Waals surface area (Å²) in [4.78, 5) is 0. The van der Waals surface area contributed by atoms with Crippen LogP contribution in [-0.4, -0.2) is 18.3 Å². The molecule has 1 aromatic rings. The first kappa shape index (κ1) is 12.5. The number of allylic oxidation sites excluding steroid dienone is 3. The van der Waals surface area contributed by atoms with E-state index in [9.17, 15) is 0 Å². The van der Waals surface area contributed by atoms with Crippen molar-refractivity contribution in [1.82, 2.24) is 0 Å². The van der Waals surface area contributed by atoms with Gasteiger partial charge >= 0.3 is 0 Å². The summed E-state index contributed by atoms with van der Waals surface area (Å²) in [6.07, 6.45) is 4.98. The first-order chi connectivity index (χ1) is 7.81. The van der Waals surface area contributed by atoms with E-state index in [1.165, 1.54) is 0 Å². The van der Waals surface area contributed by atoms with Gasteiger partial charge in [0.1, 0.15) is 12.4 Å². The molecule has 2 heteroatoms. The Labute approximate surface area is 96.9 Å². The minimum absolute atomic E-state index is 0.0371. The maximum Gasteiger partial charge on any atom is 0.119 e. The summed E-state index contributed by atoms with van der Waals surface area (Å²) in [5.41, 5.74) is 2.27. The van der Waals surface area contributed by atoms with E-state index in [0.29, 0.717) is 6.61 Å². The van der Waals surface area contributed by atoms with Crippen molar-refractivity contribution in [2.45, 2.75) is 13.3 Å². The van der Waals surface area contributed by atoms with Gasteiger partial charge in [0.05, 0.1) is 6.61 Å². The molecule has 0 unspecified atom stereocenters. The lowest BCUT2D eigenvalue weighted by Gasteiger charge is -2.06. The number of benzene rings is 1. The second-order valence-electron chi connectivity index (χ2n) is 3.37. The average molecular weight is 218 g/mol. The van der Waals surface area contributed by atoms with Crippen LogP contribution in [0, 0.1) is 0 Å². The van der Waals surface area contributed by atoms with Crippen molar-refractivity contribution in [2.75, 3.05) is 13.2 Å². The van der Waals surface area contributed by atoms with E-state index in [1.807, 2.05) is 30.3 Å². The van der Waals surface area contributed by atoms with Gasteiger partial charge in [0.2, 0.25) is 0 Å². The fourth-order valence-electron chi connectivity index (χ4n) is 1.45. The van der Waals surface area contributed by atoms with Crippen LogP contribution in [0.25, 0.3) is 5.57 Å². The van der Waals surface area contributed by atoms with Gasteiger partial charge < -0.3 is 9.84 Å². The van der Waals surface area contributed by atoms with Gasteiger partial charge in [-0.1, -0.05) is 37.8 Å². The van der Waals surface area contributed by atoms with E-state index in [1.54, 1.807) is 0 Å². The maximum absolute atomic E-state index is 8.63. The molecule has 0 aliphatic rings. The molecule has 0 saturated carbocycles. The second-order valence-corrected chi connectivity index (χ2v) is 3.37. The van der Waals surface area contributed by atoms with Gasteiger partial charge in [-0.25, -0.2) is 0 Å². The lowest BCUT2D eigenvalue weighted by Crippen LogP contribution is -2.01. The van der Waals surface area contributed by atoms with Gasteiger partial charge in [-0.3, -0.25) is 0 Å². The molecule has 2 nitrogen and oxygen atoms in total. The molecule has 1 rings (SSSR count). The van der Waals surface area contributed by atoms with Gasteiger partial charge in [0, 0.05) is 0 Å². The van der Waals surface area contributed by atoms with Crippen molar-refractivity contribution in [3.8, 4) is 5.75 Å². The molecule has 0 radical (unpaired) electrons. The maximum atomic E-state index is 8.63. The molecule has 0 amide bonds. The fraction of sp³-hybridized carbons (Fsp3) is 0.286. The number of ether oxygens (including phenoxy) is 1. The largest absolute Gasteiger partial charge is 0.491 e. The highest BCUT2D eigenvalue weighted by molar-refractivity contribution is 5.73. The van der Waals surface area contributed by atoms with Gasteiger partial charge in [0.25, 0.3) is 0 Å². The monoisotopic (exact) mass is 218 g/mol. The summed E-state index contributed by atoms with van der Waals surface area (Å²) in [6.45, 7) is 6.26. The Hall–Kier alpha value is -1.54. The fourth-order valence-corrected chi connectivity index (χ4v) is 1.45. The van der Waals surface area contributed by atoms with Crippen LogP contribution in [0.15, 0.2) is 43.0 Å². The van der Waals surface area contributed by atoms with Crippen LogP contribution < -0.4 is 4.74 Å². The summed E-state index contributed by atoms with van der Waals surface area (Å²) in [5.74, 6) is 0.776. The molecular weight excluding hydrogens is 200 g/mol. The molecule has 1 aromatic carbocycles. The highest BCUT2D eigenvalue weighted by Gasteiger charge is 1.98. The smallest absolute Gasteiger partial charge is 0.119 e. The molecular formula is C14H18O2. The Morgan fingerprint density at radius 1 is 1.38 bits per heavy atom. The van der Waals surface area contributed by atoms with E-state index in [4.69, 9.17) is 9.84 Å². The Bertz CT molecular complexity index is 350. The molecule has 0 saturated heterocycles. The zero-order valence-electron chi connectivity index (χ0n) is 9.65. The number of rotatable bonds is 6. The molecule has 0 spiro atoms. The van der Waals surface area contributed by atoms with Gasteiger partial charge in [-0.15, -0.1) is 0 Å². The first-order valence-corrected chi connectivity index (χ1v) is 5.48.